The van der Waals surface area contributed by atoms with E-state index in [-0.39, 0.29) is 50.4 Å². The molecule has 0 aliphatic carbocycles. The summed E-state index contributed by atoms with van der Waals surface area (Å²) in [7, 11) is -3.59. The van der Waals surface area contributed by atoms with Crippen LogP contribution in [0.2, 0.25) is 0 Å². The lowest BCUT2D eigenvalue weighted by Gasteiger charge is -2.33. The molecule has 2 aliphatic rings. The Kier molecular flexibility index (Phi) is 7.62. The molecule has 35 heavy (non-hydrogen) atoms. The Labute approximate surface area is 205 Å². The van der Waals surface area contributed by atoms with Crippen LogP contribution in [0.3, 0.4) is 0 Å². The van der Waals surface area contributed by atoms with Crippen molar-refractivity contribution >= 4 is 39.5 Å². The molecule has 0 saturated carbocycles. The molecule has 2 aromatic rings. The molecule has 2 aliphatic heterocycles. The number of piperazine rings is 1. The molecule has 0 bridgehead atoms. The standard InChI is InChI=1S/C25H28N4O5S/c30-23-7-4-13-29(23)22-10-8-21(9-11-22)25(32)26-19-24(31)27-14-16-28(17-15-27)35(33,34)18-12-20-5-2-1-3-6-20/h1-3,5-6,8-12,18H,4,7,13-17,19H2,(H,26,32). The smallest absolute Gasteiger partial charge is 0.251 e. The van der Waals surface area contributed by atoms with Gasteiger partial charge in [-0.1, -0.05) is 30.3 Å². The fourth-order valence-electron chi connectivity index (χ4n) is 4.09. The Morgan fingerprint density at radius 2 is 1.60 bits per heavy atom. The van der Waals surface area contributed by atoms with E-state index in [0.717, 1.165) is 17.7 Å². The summed E-state index contributed by atoms with van der Waals surface area (Å²) in [4.78, 5) is 40.1. The second-order valence-corrected chi connectivity index (χ2v) is 10.2. The molecule has 9 nitrogen and oxygen atoms in total. The van der Waals surface area contributed by atoms with Crippen LogP contribution in [0.25, 0.3) is 6.08 Å². The van der Waals surface area contributed by atoms with Crippen LogP contribution in [-0.4, -0.2) is 74.6 Å². The molecule has 2 aromatic carbocycles. The molecule has 0 aromatic heterocycles. The molecule has 2 fully saturated rings. The lowest BCUT2D eigenvalue weighted by Crippen LogP contribution is -2.52. The second kappa shape index (κ2) is 10.8. The van der Waals surface area contributed by atoms with Crippen LogP contribution in [0, 0.1) is 0 Å². The van der Waals surface area contributed by atoms with Crippen molar-refractivity contribution in [2.45, 2.75) is 12.8 Å². The second-order valence-electron chi connectivity index (χ2n) is 8.42. The van der Waals surface area contributed by atoms with E-state index < -0.39 is 10.0 Å². The number of hydrogen-bond donors (Lipinski definition) is 1. The van der Waals surface area contributed by atoms with Crippen molar-refractivity contribution in [2.24, 2.45) is 0 Å². The van der Waals surface area contributed by atoms with Gasteiger partial charge in [-0.25, -0.2) is 8.42 Å². The van der Waals surface area contributed by atoms with Crippen molar-refractivity contribution < 1.29 is 22.8 Å². The normalized spacial score (nSPS) is 17.2. The first-order chi connectivity index (χ1) is 16.8. The Balaban J connectivity index is 1.24. The highest BCUT2D eigenvalue weighted by Gasteiger charge is 2.27. The first-order valence-corrected chi connectivity index (χ1v) is 13.0. The van der Waals surface area contributed by atoms with Crippen molar-refractivity contribution in [2.75, 3.05) is 44.2 Å². The molecule has 2 heterocycles. The van der Waals surface area contributed by atoms with E-state index in [4.69, 9.17) is 0 Å². The van der Waals surface area contributed by atoms with Crippen LogP contribution in [0.15, 0.2) is 60.0 Å². The van der Waals surface area contributed by atoms with E-state index in [1.807, 2.05) is 30.3 Å². The first-order valence-electron chi connectivity index (χ1n) is 11.5. The van der Waals surface area contributed by atoms with Gasteiger partial charge in [-0.3, -0.25) is 14.4 Å². The highest BCUT2D eigenvalue weighted by molar-refractivity contribution is 7.92. The van der Waals surface area contributed by atoms with Gasteiger partial charge in [0.15, 0.2) is 0 Å². The van der Waals surface area contributed by atoms with Gasteiger partial charge in [0.25, 0.3) is 5.91 Å². The van der Waals surface area contributed by atoms with Gasteiger partial charge in [0.2, 0.25) is 21.8 Å². The SMILES string of the molecule is O=C(NCC(=O)N1CCN(S(=O)(=O)C=Cc2ccccc2)CC1)c1ccc(N2CCCC2=O)cc1. The molecule has 0 radical (unpaired) electrons. The number of anilines is 1. The maximum atomic E-state index is 12.6. The van der Waals surface area contributed by atoms with E-state index in [1.165, 1.54) is 9.71 Å². The third-order valence-electron chi connectivity index (χ3n) is 6.10. The molecule has 0 spiro atoms. The fraction of sp³-hybridized carbons (Fsp3) is 0.320. The van der Waals surface area contributed by atoms with Crippen LogP contribution >= 0.6 is 0 Å². The van der Waals surface area contributed by atoms with Crippen LogP contribution in [0.1, 0.15) is 28.8 Å². The molecule has 0 unspecified atom stereocenters. The maximum Gasteiger partial charge on any atom is 0.251 e. The number of nitrogens with one attached hydrogen (secondary N) is 1. The monoisotopic (exact) mass is 496 g/mol. The van der Waals surface area contributed by atoms with Gasteiger partial charge in [-0.15, -0.1) is 0 Å². The molecule has 0 atom stereocenters. The van der Waals surface area contributed by atoms with E-state index in [2.05, 4.69) is 5.32 Å². The minimum absolute atomic E-state index is 0.0768. The van der Waals surface area contributed by atoms with Gasteiger partial charge in [0, 0.05) is 55.8 Å². The molecule has 10 heteroatoms. The summed E-state index contributed by atoms with van der Waals surface area (Å²) in [6.07, 6.45) is 2.92. The summed E-state index contributed by atoms with van der Waals surface area (Å²) in [5, 5.41) is 3.81. The Hall–Kier alpha value is -3.50. The van der Waals surface area contributed by atoms with Crippen molar-refractivity contribution in [3.8, 4) is 0 Å². The Morgan fingerprint density at radius 1 is 0.914 bits per heavy atom. The summed E-state index contributed by atoms with van der Waals surface area (Å²) in [5.74, 6) is -0.577. The van der Waals surface area contributed by atoms with Crippen molar-refractivity contribution in [3.05, 3.63) is 71.1 Å². The number of nitrogens with zero attached hydrogens (tertiary/aromatic N) is 3. The number of benzene rings is 2. The molecule has 3 amide bonds. The Bertz CT molecular complexity index is 1200. The minimum Gasteiger partial charge on any atom is -0.343 e. The van der Waals surface area contributed by atoms with E-state index in [9.17, 15) is 22.8 Å². The molecule has 1 N–H and O–H groups in total. The number of hydrogen-bond acceptors (Lipinski definition) is 5. The average molecular weight is 497 g/mol. The zero-order valence-corrected chi connectivity index (χ0v) is 20.1. The van der Waals surface area contributed by atoms with Gasteiger partial charge in [0.1, 0.15) is 0 Å². The third kappa shape index (κ3) is 6.14. The van der Waals surface area contributed by atoms with Crippen molar-refractivity contribution in [3.63, 3.8) is 0 Å². The van der Waals surface area contributed by atoms with Gasteiger partial charge in [0.05, 0.1) is 6.54 Å². The summed E-state index contributed by atoms with van der Waals surface area (Å²) in [6, 6.07) is 15.9. The largest absolute Gasteiger partial charge is 0.343 e. The fourth-order valence-corrected chi connectivity index (χ4v) is 5.26. The van der Waals surface area contributed by atoms with Crippen LogP contribution < -0.4 is 10.2 Å². The minimum atomic E-state index is -3.59. The predicted molar refractivity (Wildman–Crippen MR) is 133 cm³/mol. The van der Waals surface area contributed by atoms with Crippen LogP contribution in [0.5, 0.6) is 0 Å². The topological polar surface area (TPSA) is 107 Å². The highest BCUT2D eigenvalue weighted by atomic mass is 32.2. The predicted octanol–water partition coefficient (Wildman–Crippen LogP) is 1.69. The quantitative estimate of drug-likeness (QED) is 0.628. The van der Waals surface area contributed by atoms with E-state index >= 15 is 0 Å². The molecule has 2 saturated heterocycles. The third-order valence-corrected chi connectivity index (χ3v) is 7.66. The lowest BCUT2D eigenvalue weighted by atomic mass is 10.2. The molecule has 184 valence electrons. The van der Waals surface area contributed by atoms with Gasteiger partial charge in [-0.2, -0.15) is 4.31 Å². The Morgan fingerprint density at radius 3 is 2.23 bits per heavy atom. The number of sulfonamides is 1. The summed E-state index contributed by atoms with van der Waals surface area (Å²) >= 11 is 0. The van der Waals surface area contributed by atoms with Crippen molar-refractivity contribution in [1.29, 1.82) is 0 Å². The summed E-state index contributed by atoms with van der Waals surface area (Å²) in [5.41, 5.74) is 1.95. The maximum absolute atomic E-state index is 12.6. The van der Waals surface area contributed by atoms with Gasteiger partial charge < -0.3 is 15.1 Å². The number of amides is 3. The summed E-state index contributed by atoms with van der Waals surface area (Å²) in [6.45, 7) is 1.40. The van der Waals surface area contributed by atoms with Gasteiger partial charge in [-0.05, 0) is 42.3 Å². The number of carbonyl (C=O) groups excluding carboxylic acids is 3. The number of carbonyl (C=O) groups is 3. The first kappa shape index (κ1) is 24.6. The number of rotatable bonds is 7. The van der Waals surface area contributed by atoms with E-state index in [1.54, 1.807) is 40.1 Å². The van der Waals surface area contributed by atoms with Gasteiger partial charge >= 0.3 is 0 Å². The lowest BCUT2D eigenvalue weighted by molar-refractivity contribution is -0.131. The van der Waals surface area contributed by atoms with Crippen molar-refractivity contribution in [1.82, 2.24) is 14.5 Å². The molecular weight excluding hydrogens is 468 g/mol. The highest BCUT2D eigenvalue weighted by Crippen LogP contribution is 2.21. The van der Waals surface area contributed by atoms with Crippen LogP contribution in [-0.2, 0) is 19.6 Å². The average Bonchev–Trinajstić information content (AvgIpc) is 3.32. The van der Waals surface area contributed by atoms with E-state index in [0.29, 0.717) is 18.5 Å². The molecule has 4 rings (SSSR count). The summed E-state index contributed by atoms with van der Waals surface area (Å²) < 4.78 is 26.5. The molecular formula is C25H28N4O5S. The zero-order valence-electron chi connectivity index (χ0n) is 19.3. The van der Waals surface area contributed by atoms with Crippen LogP contribution in [0.4, 0.5) is 5.69 Å². The zero-order chi connectivity index (χ0) is 24.8.